The summed E-state index contributed by atoms with van der Waals surface area (Å²) in [6.45, 7) is 0.420. The van der Waals surface area contributed by atoms with E-state index in [0.717, 1.165) is 15.6 Å². The van der Waals surface area contributed by atoms with Crippen LogP contribution < -0.4 is 0 Å². The lowest BCUT2D eigenvalue weighted by molar-refractivity contribution is -0.144. The molecule has 27 heavy (non-hydrogen) atoms. The smallest absolute Gasteiger partial charge is 0.248 e. The first-order chi connectivity index (χ1) is 12.8. The highest BCUT2D eigenvalue weighted by atomic mass is 35.5. The van der Waals surface area contributed by atoms with E-state index >= 15 is 0 Å². The minimum atomic E-state index is -4.58. The topological polar surface area (TPSA) is 74.3 Å². The van der Waals surface area contributed by atoms with Crippen LogP contribution in [0.15, 0.2) is 36.7 Å². The van der Waals surface area contributed by atoms with Crippen LogP contribution >= 0.6 is 11.6 Å². The first-order valence-electron chi connectivity index (χ1n) is 7.73. The van der Waals surface area contributed by atoms with Gasteiger partial charge < -0.3 is 0 Å². The zero-order valence-electron chi connectivity index (χ0n) is 13.8. The Balaban J connectivity index is 1.61. The number of hydrogen-bond acceptors (Lipinski definition) is 5. The van der Waals surface area contributed by atoms with Crippen LogP contribution in [0.5, 0.6) is 0 Å². The van der Waals surface area contributed by atoms with Crippen LogP contribution in [0.4, 0.5) is 13.2 Å². The fourth-order valence-electron chi connectivity index (χ4n) is 2.65. The molecule has 1 aromatic carbocycles. The molecule has 0 aliphatic heterocycles. The van der Waals surface area contributed by atoms with E-state index in [2.05, 4.69) is 25.1 Å². The Morgan fingerprint density at radius 2 is 1.81 bits per heavy atom. The number of hydrogen-bond donors (Lipinski definition) is 0. The molecule has 4 rings (SSSR count). The van der Waals surface area contributed by atoms with Crippen molar-refractivity contribution in [1.29, 1.82) is 0 Å². The Labute approximate surface area is 155 Å². The molecule has 138 valence electrons. The van der Waals surface area contributed by atoms with E-state index in [1.54, 1.807) is 41.3 Å². The number of alkyl halides is 3. The number of benzene rings is 1. The van der Waals surface area contributed by atoms with Crippen LogP contribution in [0.25, 0.3) is 22.4 Å². The van der Waals surface area contributed by atoms with E-state index in [9.17, 15) is 13.2 Å². The zero-order valence-corrected chi connectivity index (χ0v) is 14.6. The maximum absolute atomic E-state index is 12.8. The third kappa shape index (κ3) is 3.35. The summed E-state index contributed by atoms with van der Waals surface area (Å²) in [7, 11) is 1.42. The van der Waals surface area contributed by atoms with E-state index in [-0.39, 0.29) is 11.1 Å². The second kappa shape index (κ2) is 6.31. The molecule has 3 heterocycles. The lowest BCUT2D eigenvalue weighted by Gasteiger charge is -2.05. The molecular formula is C16H11ClF3N7. The van der Waals surface area contributed by atoms with E-state index in [4.69, 9.17) is 11.6 Å². The van der Waals surface area contributed by atoms with Crippen molar-refractivity contribution in [3.63, 3.8) is 0 Å². The first kappa shape index (κ1) is 17.4. The van der Waals surface area contributed by atoms with Crippen molar-refractivity contribution in [3.05, 3.63) is 53.3 Å². The average Bonchev–Trinajstić information content (AvgIpc) is 3.19. The van der Waals surface area contributed by atoms with Crippen LogP contribution in [0.2, 0.25) is 5.28 Å². The highest BCUT2D eigenvalue weighted by molar-refractivity contribution is 6.28. The monoisotopic (exact) mass is 393 g/mol. The van der Waals surface area contributed by atoms with Gasteiger partial charge in [0, 0.05) is 18.8 Å². The molecular weight excluding hydrogens is 383 g/mol. The summed E-state index contributed by atoms with van der Waals surface area (Å²) in [5.74, 6) is -1.03. The Morgan fingerprint density at radius 1 is 1.07 bits per heavy atom. The van der Waals surface area contributed by atoms with Gasteiger partial charge in [-0.05, 0) is 17.2 Å². The Kier molecular flexibility index (Phi) is 4.06. The zero-order chi connectivity index (χ0) is 19.2. The number of nitrogens with zero attached hydrogens (tertiary/aromatic N) is 7. The van der Waals surface area contributed by atoms with Gasteiger partial charge in [0.25, 0.3) is 5.82 Å². The molecule has 0 radical (unpaired) electrons. The van der Waals surface area contributed by atoms with Crippen molar-refractivity contribution in [3.8, 4) is 11.4 Å². The Bertz CT molecular complexity index is 1120. The van der Waals surface area contributed by atoms with Gasteiger partial charge in [-0.15, -0.1) is 5.10 Å². The van der Waals surface area contributed by atoms with E-state index < -0.39 is 12.0 Å². The van der Waals surface area contributed by atoms with Crippen molar-refractivity contribution in [2.75, 3.05) is 0 Å². The molecule has 0 spiro atoms. The van der Waals surface area contributed by atoms with Crippen LogP contribution in [-0.4, -0.2) is 34.5 Å². The second-order valence-corrected chi connectivity index (χ2v) is 6.14. The van der Waals surface area contributed by atoms with Crippen molar-refractivity contribution in [2.24, 2.45) is 7.05 Å². The number of aromatic nitrogens is 7. The quantitative estimate of drug-likeness (QED) is 0.499. The summed E-state index contributed by atoms with van der Waals surface area (Å²) in [4.78, 5) is 11.7. The van der Waals surface area contributed by atoms with Gasteiger partial charge in [-0.25, -0.2) is 19.3 Å². The van der Waals surface area contributed by atoms with Gasteiger partial charge in [0.05, 0.1) is 18.1 Å². The standard InChI is InChI=1S/C16H11ClF3N7/c1-26-12(23-14(25-26)16(18,19)20)10-4-2-9(3-5-10)8-27-13-11(7-22-27)6-21-15(17)24-13/h2-7H,8H2,1H3. The van der Waals surface area contributed by atoms with Crippen LogP contribution in [0, 0.1) is 0 Å². The van der Waals surface area contributed by atoms with Gasteiger partial charge in [-0.2, -0.15) is 23.3 Å². The third-order valence-electron chi connectivity index (χ3n) is 3.91. The molecule has 0 saturated heterocycles. The Morgan fingerprint density at radius 3 is 2.48 bits per heavy atom. The van der Waals surface area contributed by atoms with E-state index in [0.29, 0.717) is 17.8 Å². The molecule has 0 unspecified atom stereocenters. The molecule has 0 fully saturated rings. The molecule has 4 aromatic rings. The lowest BCUT2D eigenvalue weighted by Crippen LogP contribution is -2.08. The van der Waals surface area contributed by atoms with Crippen molar-refractivity contribution < 1.29 is 13.2 Å². The highest BCUT2D eigenvalue weighted by Crippen LogP contribution is 2.28. The largest absolute Gasteiger partial charge is 0.453 e. The Hall–Kier alpha value is -3.01. The summed E-state index contributed by atoms with van der Waals surface area (Å²) in [6.07, 6.45) is -1.36. The fourth-order valence-corrected chi connectivity index (χ4v) is 2.78. The lowest BCUT2D eigenvalue weighted by atomic mass is 10.1. The molecule has 0 N–H and O–H groups in total. The maximum atomic E-state index is 12.8. The van der Waals surface area contributed by atoms with Gasteiger partial charge in [-0.3, -0.25) is 0 Å². The molecule has 0 atom stereocenters. The highest BCUT2D eigenvalue weighted by Gasteiger charge is 2.36. The molecule has 0 aliphatic carbocycles. The molecule has 0 saturated carbocycles. The molecule has 0 bridgehead atoms. The average molecular weight is 394 g/mol. The molecule has 11 heteroatoms. The predicted octanol–water partition coefficient (Wildman–Crippen LogP) is 3.34. The number of fused-ring (bicyclic) bond motifs is 1. The van der Waals surface area contributed by atoms with Gasteiger partial charge in [0.15, 0.2) is 11.5 Å². The number of rotatable bonds is 3. The van der Waals surface area contributed by atoms with Gasteiger partial charge in [0.1, 0.15) is 0 Å². The molecule has 0 amide bonds. The van der Waals surface area contributed by atoms with Gasteiger partial charge in [0.2, 0.25) is 5.28 Å². The van der Waals surface area contributed by atoms with Gasteiger partial charge >= 0.3 is 6.18 Å². The summed E-state index contributed by atoms with van der Waals surface area (Å²) < 4.78 is 41.1. The van der Waals surface area contributed by atoms with Crippen LogP contribution in [0.3, 0.4) is 0 Å². The summed E-state index contributed by atoms with van der Waals surface area (Å²) in [6, 6.07) is 6.95. The predicted molar refractivity (Wildman–Crippen MR) is 90.9 cm³/mol. The van der Waals surface area contributed by atoms with Crippen molar-refractivity contribution in [2.45, 2.75) is 12.7 Å². The number of aryl methyl sites for hydroxylation is 1. The van der Waals surface area contributed by atoms with Crippen molar-refractivity contribution in [1.82, 2.24) is 34.5 Å². The fraction of sp³-hybridized carbons (Fsp3) is 0.188. The van der Waals surface area contributed by atoms with Gasteiger partial charge in [-0.1, -0.05) is 24.3 Å². The molecule has 0 aliphatic rings. The third-order valence-corrected chi connectivity index (χ3v) is 4.09. The summed E-state index contributed by atoms with van der Waals surface area (Å²) >= 11 is 5.83. The van der Waals surface area contributed by atoms with Crippen LogP contribution in [0.1, 0.15) is 11.4 Å². The minimum Gasteiger partial charge on any atom is -0.248 e. The van der Waals surface area contributed by atoms with E-state index in [1.807, 2.05) is 0 Å². The minimum absolute atomic E-state index is 0.127. The van der Waals surface area contributed by atoms with Crippen molar-refractivity contribution >= 4 is 22.6 Å². The maximum Gasteiger partial charge on any atom is 0.453 e. The number of halogens is 4. The first-order valence-corrected chi connectivity index (χ1v) is 8.10. The second-order valence-electron chi connectivity index (χ2n) is 5.80. The van der Waals surface area contributed by atoms with Crippen LogP contribution in [-0.2, 0) is 19.8 Å². The molecule has 3 aromatic heterocycles. The van der Waals surface area contributed by atoms with E-state index in [1.165, 1.54) is 7.05 Å². The summed E-state index contributed by atoms with van der Waals surface area (Å²) in [5, 5.41) is 8.57. The SMILES string of the molecule is Cn1nc(C(F)(F)F)nc1-c1ccc(Cn2ncc3cnc(Cl)nc32)cc1. The molecule has 7 nitrogen and oxygen atoms in total. The normalized spacial score (nSPS) is 12.0. The summed E-state index contributed by atoms with van der Waals surface area (Å²) in [5.41, 5.74) is 2.01.